The van der Waals surface area contributed by atoms with Crippen molar-refractivity contribution in [3.8, 4) is 0 Å². The summed E-state index contributed by atoms with van der Waals surface area (Å²) in [6.45, 7) is 1.84. The minimum atomic E-state index is -0.785. The Labute approximate surface area is 153 Å². The highest BCUT2D eigenvalue weighted by molar-refractivity contribution is 6.42. The molecule has 1 aliphatic rings. The number of hydrogen-bond donors (Lipinski definition) is 1. The molecule has 4 amide bonds. The van der Waals surface area contributed by atoms with Gasteiger partial charge in [0, 0.05) is 0 Å². The average Bonchev–Trinajstić information content (AvgIpc) is 2.54. The fraction of sp³-hybridized carbons (Fsp3) is 0.0556. The molecule has 0 unspecified atom stereocenters. The maximum Gasteiger partial charge on any atom is 0.335 e. The van der Waals surface area contributed by atoms with Gasteiger partial charge < -0.3 is 0 Å². The van der Waals surface area contributed by atoms with Crippen LogP contribution in [0.15, 0.2) is 48.0 Å². The second-order valence-electron chi connectivity index (χ2n) is 5.47. The number of nitrogens with one attached hydrogen (secondary N) is 1. The van der Waals surface area contributed by atoms with Gasteiger partial charge in [-0.3, -0.25) is 14.9 Å². The molecule has 1 heterocycles. The molecule has 0 radical (unpaired) electrons. The average molecular weight is 375 g/mol. The summed E-state index contributed by atoms with van der Waals surface area (Å²) < 4.78 is 0. The van der Waals surface area contributed by atoms with E-state index in [1.165, 1.54) is 12.1 Å². The standard InChI is InChI=1S/C18H12Cl2N2O3/c1-10-3-2-4-12(7-10)22-17(24)13(16(23)21-18(22)25)8-11-5-6-14(19)15(20)9-11/h2-9H,1H3,(H,21,23,25)/b13-8-. The molecule has 0 saturated carbocycles. The predicted molar refractivity (Wildman–Crippen MR) is 96.6 cm³/mol. The van der Waals surface area contributed by atoms with Gasteiger partial charge in [-0.1, -0.05) is 41.4 Å². The van der Waals surface area contributed by atoms with E-state index in [0.717, 1.165) is 10.5 Å². The zero-order valence-electron chi connectivity index (χ0n) is 13.0. The molecule has 0 spiro atoms. The Balaban J connectivity index is 2.03. The van der Waals surface area contributed by atoms with Crippen LogP contribution in [0.4, 0.5) is 10.5 Å². The van der Waals surface area contributed by atoms with Crippen LogP contribution in [0.5, 0.6) is 0 Å². The Morgan fingerprint density at radius 3 is 2.44 bits per heavy atom. The molecular weight excluding hydrogens is 363 g/mol. The molecule has 1 aliphatic heterocycles. The van der Waals surface area contributed by atoms with Crippen molar-refractivity contribution in [3.05, 3.63) is 69.2 Å². The summed E-state index contributed by atoms with van der Waals surface area (Å²) in [5.74, 6) is -1.46. The van der Waals surface area contributed by atoms with Crippen LogP contribution in [-0.2, 0) is 9.59 Å². The summed E-state index contributed by atoms with van der Waals surface area (Å²) in [5, 5.41) is 2.83. The van der Waals surface area contributed by atoms with Gasteiger partial charge in [0.25, 0.3) is 11.8 Å². The molecular formula is C18H12Cl2N2O3. The molecule has 3 rings (SSSR count). The van der Waals surface area contributed by atoms with Crippen LogP contribution >= 0.6 is 23.2 Å². The Morgan fingerprint density at radius 2 is 1.76 bits per heavy atom. The van der Waals surface area contributed by atoms with Crippen LogP contribution in [-0.4, -0.2) is 17.8 Å². The molecule has 2 aromatic carbocycles. The van der Waals surface area contributed by atoms with Gasteiger partial charge in [0.15, 0.2) is 0 Å². The van der Waals surface area contributed by atoms with Crippen LogP contribution < -0.4 is 10.2 Å². The lowest BCUT2D eigenvalue weighted by molar-refractivity contribution is -0.122. The molecule has 0 aliphatic carbocycles. The van der Waals surface area contributed by atoms with Crippen LogP contribution in [0, 0.1) is 6.92 Å². The number of carbonyl (C=O) groups excluding carboxylic acids is 3. The van der Waals surface area contributed by atoms with Crippen LogP contribution in [0.3, 0.4) is 0 Å². The third kappa shape index (κ3) is 3.43. The quantitative estimate of drug-likeness (QED) is 0.638. The molecule has 126 valence electrons. The minimum absolute atomic E-state index is 0.167. The minimum Gasteiger partial charge on any atom is -0.273 e. The van der Waals surface area contributed by atoms with Crippen molar-refractivity contribution >= 4 is 52.8 Å². The lowest BCUT2D eigenvalue weighted by atomic mass is 10.1. The third-order valence-corrected chi connectivity index (χ3v) is 4.36. The number of aryl methyl sites for hydroxylation is 1. The first-order valence-corrected chi connectivity index (χ1v) is 8.05. The van der Waals surface area contributed by atoms with Gasteiger partial charge in [-0.25, -0.2) is 9.69 Å². The molecule has 5 nitrogen and oxygen atoms in total. The molecule has 0 bridgehead atoms. The summed E-state index contributed by atoms with van der Waals surface area (Å²) in [6.07, 6.45) is 1.37. The topological polar surface area (TPSA) is 66.5 Å². The number of anilines is 1. The Morgan fingerprint density at radius 1 is 1.00 bits per heavy atom. The Hall–Kier alpha value is -2.63. The van der Waals surface area contributed by atoms with Gasteiger partial charge in [0.1, 0.15) is 5.57 Å². The van der Waals surface area contributed by atoms with Gasteiger partial charge in [-0.15, -0.1) is 0 Å². The van der Waals surface area contributed by atoms with E-state index >= 15 is 0 Å². The van der Waals surface area contributed by atoms with Crippen LogP contribution in [0.1, 0.15) is 11.1 Å². The van der Waals surface area contributed by atoms with Crippen molar-refractivity contribution in [1.82, 2.24) is 5.32 Å². The zero-order chi connectivity index (χ0) is 18.1. The van der Waals surface area contributed by atoms with Gasteiger partial charge in [-0.05, 0) is 48.4 Å². The summed E-state index contributed by atoms with van der Waals surface area (Å²) in [7, 11) is 0. The first-order chi connectivity index (χ1) is 11.9. The monoisotopic (exact) mass is 374 g/mol. The number of halogens is 2. The highest BCUT2D eigenvalue weighted by atomic mass is 35.5. The van der Waals surface area contributed by atoms with Crippen molar-refractivity contribution in [2.45, 2.75) is 6.92 Å². The Kier molecular flexibility index (Phi) is 4.61. The van der Waals surface area contributed by atoms with Gasteiger partial charge >= 0.3 is 6.03 Å². The van der Waals surface area contributed by atoms with E-state index in [0.29, 0.717) is 21.3 Å². The van der Waals surface area contributed by atoms with Crippen LogP contribution in [0.2, 0.25) is 10.0 Å². The second-order valence-corrected chi connectivity index (χ2v) is 6.28. The third-order valence-electron chi connectivity index (χ3n) is 3.62. The summed E-state index contributed by atoms with van der Waals surface area (Å²) >= 11 is 11.8. The number of nitrogens with zero attached hydrogens (tertiary/aromatic N) is 1. The van der Waals surface area contributed by atoms with Gasteiger partial charge in [0.2, 0.25) is 0 Å². The van der Waals surface area contributed by atoms with Crippen molar-refractivity contribution in [2.24, 2.45) is 0 Å². The first-order valence-electron chi connectivity index (χ1n) is 7.30. The number of hydrogen-bond acceptors (Lipinski definition) is 3. The Bertz CT molecular complexity index is 938. The number of imide groups is 2. The number of amides is 4. The lowest BCUT2D eigenvalue weighted by Gasteiger charge is -2.26. The van der Waals surface area contributed by atoms with Gasteiger partial charge in [0.05, 0.1) is 15.7 Å². The fourth-order valence-corrected chi connectivity index (χ4v) is 2.73. The number of benzene rings is 2. The second kappa shape index (κ2) is 6.70. The molecule has 1 fully saturated rings. The molecule has 1 N–H and O–H groups in total. The van der Waals surface area contributed by atoms with Crippen molar-refractivity contribution in [1.29, 1.82) is 0 Å². The van der Waals surface area contributed by atoms with E-state index in [1.54, 1.807) is 30.3 Å². The molecule has 0 atom stereocenters. The van der Waals surface area contributed by atoms with E-state index in [4.69, 9.17) is 23.2 Å². The largest absolute Gasteiger partial charge is 0.335 e. The SMILES string of the molecule is Cc1cccc(N2C(=O)NC(=O)/C(=C/c3ccc(Cl)c(Cl)c3)C2=O)c1. The van der Waals surface area contributed by atoms with Gasteiger partial charge in [-0.2, -0.15) is 0 Å². The number of carbonyl (C=O) groups is 3. The maximum absolute atomic E-state index is 12.7. The zero-order valence-corrected chi connectivity index (χ0v) is 14.6. The van der Waals surface area contributed by atoms with E-state index < -0.39 is 17.8 Å². The molecule has 0 aromatic heterocycles. The molecule has 25 heavy (non-hydrogen) atoms. The summed E-state index contributed by atoms with van der Waals surface area (Å²) in [5.41, 5.74) is 1.62. The molecule has 2 aromatic rings. The van der Waals surface area contributed by atoms with Crippen LogP contribution in [0.25, 0.3) is 6.08 Å². The summed E-state index contributed by atoms with van der Waals surface area (Å²) in [4.78, 5) is 37.9. The van der Waals surface area contributed by atoms with Crippen molar-refractivity contribution in [2.75, 3.05) is 4.90 Å². The predicted octanol–water partition coefficient (Wildman–Crippen LogP) is 3.97. The number of barbiturate groups is 1. The van der Waals surface area contributed by atoms with E-state index in [2.05, 4.69) is 5.32 Å². The summed E-state index contributed by atoms with van der Waals surface area (Å²) in [6, 6.07) is 10.8. The highest BCUT2D eigenvalue weighted by Gasteiger charge is 2.36. The van der Waals surface area contributed by atoms with Crippen molar-refractivity contribution < 1.29 is 14.4 Å². The van der Waals surface area contributed by atoms with Crippen molar-refractivity contribution in [3.63, 3.8) is 0 Å². The van der Waals surface area contributed by atoms with E-state index in [1.807, 2.05) is 13.0 Å². The fourth-order valence-electron chi connectivity index (χ4n) is 2.43. The normalized spacial score (nSPS) is 16.4. The molecule has 7 heteroatoms. The van der Waals surface area contributed by atoms with E-state index in [9.17, 15) is 14.4 Å². The first kappa shape index (κ1) is 17.2. The number of urea groups is 1. The lowest BCUT2D eigenvalue weighted by Crippen LogP contribution is -2.54. The number of rotatable bonds is 2. The van der Waals surface area contributed by atoms with E-state index in [-0.39, 0.29) is 5.57 Å². The highest BCUT2D eigenvalue weighted by Crippen LogP contribution is 2.26. The maximum atomic E-state index is 12.7. The smallest absolute Gasteiger partial charge is 0.273 e. The molecule has 1 saturated heterocycles.